The lowest BCUT2D eigenvalue weighted by Gasteiger charge is -2.43. The average Bonchev–Trinajstić information content (AvgIpc) is 4.27. The predicted octanol–water partition coefficient (Wildman–Crippen LogP) is 20.0. The minimum Gasteiger partial charge on any atom is -0.309 e. The van der Waals surface area contributed by atoms with Crippen molar-refractivity contribution in [1.82, 2.24) is 13.7 Å². The first-order valence-electron chi connectivity index (χ1n) is 26.8. The van der Waals surface area contributed by atoms with Crippen molar-refractivity contribution < 1.29 is 0 Å². The van der Waals surface area contributed by atoms with Crippen LogP contribution in [0.3, 0.4) is 0 Å². The maximum absolute atomic E-state index is 2.56. The van der Waals surface area contributed by atoms with Crippen LogP contribution in [0.1, 0.15) is 6.92 Å². The molecular formula is C73H51N3S. The molecule has 1 aliphatic rings. The van der Waals surface area contributed by atoms with E-state index in [4.69, 9.17) is 0 Å². The summed E-state index contributed by atoms with van der Waals surface area (Å²) in [4.78, 5) is 2.91. The third-order valence-electron chi connectivity index (χ3n) is 16.9. The molecule has 1 unspecified atom stereocenters. The van der Waals surface area contributed by atoms with Gasteiger partial charge in [0, 0.05) is 64.6 Å². The first kappa shape index (κ1) is 44.0. The van der Waals surface area contributed by atoms with Crippen LogP contribution in [0.25, 0.3) is 138 Å². The standard InChI is InChI=1S/C73H51N3S/c1-3-77(2)71-38-37-50(47-19-16-22-54(41-47)74-65-31-10-4-25-57(65)58-26-5-11-32-66(58)74)44-63(71)64-45-51(48-20-17-23-55(42-48)75-67-33-12-6-27-59(67)60-28-7-13-34-68(60)75)39-53-40-52(46-72(77)73(53)64)49-21-18-24-56(43-49)76-69-35-14-8-29-61(69)62-30-9-15-36-70(62)76/h4-46H,3H2,1-2H3. The number of rotatable bonds is 7. The highest BCUT2D eigenvalue weighted by molar-refractivity contribution is 8.33. The van der Waals surface area contributed by atoms with Gasteiger partial charge in [0.1, 0.15) is 0 Å². The van der Waals surface area contributed by atoms with Gasteiger partial charge in [-0.15, -0.1) is 0 Å². The second-order valence-corrected chi connectivity index (χ2v) is 24.6. The summed E-state index contributed by atoms with van der Waals surface area (Å²) in [5.41, 5.74) is 20.7. The number of fused-ring (bicyclic) bond motifs is 11. The van der Waals surface area contributed by atoms with Gasteiger partial charge >= 0.3 is 0 Å². The third-order valence-corrected chi connectivity index (χ3v) is 20.7. The molecule has 4 heteroatoms. The molecule has 1 aliphatic heterocycles. The second kappa shape index (κ2) is 16.8. The fourth-order valence-corrected chi connectivity index (χ4v) is 16.1. The van der Waals surface area contributed by atoms with Crippen LogP contribution in [-0.4, -0.2) is 25.7 Å². The van der Waals surface area contributed by atoms with Crippen molar-refractivity contribution in [2.24, 2.45) is 0 Å². The fourth-order valence-electron chi connectivity index (χ4n) is 13.2. The van der Waals surface area contributed by atoms with Gasteiger partial charge in [-0.2, -0.15) is 10.0 Å². The average molecular weight is 1000 g/mol. The summed E-state index contributed by atoms with van der Waals surface area (Å²) in [5, 5.41) is 10.2. The lowest BCUT2D eigenvalue weighted by Crippen LogP contribution is -2.10. The molecule has 3 nitrogen and oxygen atoms in total. The molecule has 0 spiro atoms. The summed E-state index contributed by atoms with van der Waals surface area (Å²) in [6, 6.07) is 97.8. The van der Waals surface area contributed by atoms with Gasteiger partial charge in [-0.1, -0.05) is 159 Å². The number of hydrogen-bond acceptors (Lipinski definition) is 0. The Bertz CT molecular complexity index is 4780. The highest BCUT2D eigenvalue weighted by atomic mass is 32.3. The highest BCUT2D eigenvalue weighted by Crippen LogP contribution is 2.68. The molecule has 0 radical (unpaired) electrons. The van der Waals surface area contributed by atoms with Gasteiger partial charge in [0.2, 0.25) is 0 Å². The largest absolute Gasteiger partial charge is 0.309 e. The number of para-hydroxylation sites is 6. The molecule has 0 N–H and O–H groups in total. The fraction of sp³-hybridized carbons (Fsp3) is 0.0411. The smallest absolute Gasteiger partial charge is 0.0541 e. The molecule has 3 aromatic heterocycles. The summed E-state index contributed by atoms with van der Waals surface area (Å²) in [5.74, 6) is 1.03. The molecule has 0 saturated carbocycles. The first-order valence-corrected chi connectivity index (χ1v) is 29.0. The van der Waals surface area contributed by atoms with Gasteiger partial charge in [0.05, 0.1) is 33.1 Å². The minimum atomic E-state index is -1.50. The van der Waals surface area contributed by atoms with Crippen LogP contribution in [0.5, 0.6) is 0 Å². The van der Waals surface area contributed by atoms with E-state index in [2.05, 4.69) is 288 Å². The van der Waals surface area contributed by atoms with E-state index >= 15 is 0 Å². The van der Waals surface area contributed by atoms with Crippen LogP contribution in [0, 0.1) is 0 Å². The second-order valence-electron chi connectivity index (χ2n) is 20.9. The van der Waals surface area contributed by atoms with Gasteiger partial charge < -0.3 is 13.7 Å². The number of benzene rings is 12. The summed E-state index contributed by atoms with van der Waals surface area (Å²) >= 11 is 0. The van der Waals surface area contributed by atoms with E-state index in [0.29, 0.717) is 0 Å². The van der Waals surface area contributed by atoms with Crippen molar-refractivity contribution in [2.45, 2.75) is 16.7 Å². The molecule has 12 aromatic carbocycles. The Balaban J connectivity index is 0.912. The normalized spacial score (nSPS) is 15.0. The van der Waals surface area contributed by atoms with Crippen LogP contribution < -0.4 is 0 Å². The summed E-state index contributed by atoms with van der Waals surface area (Å²) < 4.78 is 7.30. The Morgan fingerprint density at radius 1 is 0.286 bits per heavy atom. The highest BCUT2D eigenvalue weighted by Gasteiger charge is 2.34. The van der Waals surface area contributed by atoms with Gasteiger partial charge in [0.15, 0.2) is 0 Å². The molecule has 77 heavy (non-hydrogen) atoms. The van der Waals surface area contributed by atoms with Crippen LogP contribution >= 0.6 is 10.0 Å². The molecule has 0 aliphatic carbocycles. The van der Waals surface area contributed by atoms with E-state index in [9.17, 15) is 0 Å². The van der Waals surface area contributed by atoms with Crippen LogP contribution in [0.4, 0.5) is 0 Å². The van der Waals surface area contributed by atoms with Gasteiger partial charge in [-0.25, -0.2) is 0 Å². The predicted molar refractivity (Wildman–Crippen MR) is 329 cm³/mol. The van der Waals surface area contributed by atoms with Crippen molar-refractivity contribution in [3.05, 3.63) is 261 Å². The lowest BCUT2D eigenvalue weighted by molar-refractivity contribution is 1.18. The van der Waals surface area contributed by atoms with Crippen LogP contribution in [0.15, 0.2) is 271 Å². The molecule has 0 amide bonds. The maximum Gasteiger partial charge on any atom is 0.0541 e. The zero-order chi connectivity index (χ0) is 50.9. The van der Waals surface area contributed by atoms with E-state index in [1.54, 1.807) is 0 Å². The quantitative estimate of drug-likeness (QED) is 0.151. The Hall–Kier alpha value is -9.35. The third kappa shape index (κ3) is 6.52. The van der Waals surface area contributed by atoms with E-state index in [1.807, 2.05) is 0 Å². The van der Waals surface area contributed by atoms with Crippen molar-refractivity contribution in [3.8, 4) is 61.6 Å². The van der Waals surface area contributed by atoms with Gasteiger partial charge in [0.25, 0.3) is 0 Å². The molecule has 16 rings (SSSR count). The molecule has 0 saturated heterocycles. The molecule has 15 aromatic rings. The summed E-state index contributed by atoms with van der Waals surface area (Å²) in [6.07, 6.45) is 2.56. The SMILES string of the molecule is CCS1(C)c2ccc(-c3cccc(-n4c5ccccc5c5ccccc54)c3)cc2-c2cc(-c3cccc(-n4c5ccccc5c5ccccc54)c3)cc3cc(-c4cccc(-n5c6ccccc6c6ccccc65)c4)cc1c23. The van der Waals surface area contributed by atoms with E-state index in [0.717, 1.165) is 22.8 Å². The molecule has 0 fully saturated rings. The molecule has 0 bridgehead atoms. The lowest BCUT2D eigenvalue weighted by atomic mass is 9.89. The monoisotopic (exact) mass is 1000 g/mol. The summed E-state index contributed by atoms with van der Waals surface area (Å²) in [6.45, 7) is 2.41. The van der Waals surface area contributed by atoms with Crippen molar-refractivity contribution in [1.29, 1.82) is 0 Å². The number of hydrogen-bond donors (Lipinski definition) is 0. The van der Waals surface area contributed by atoms with Crippen molar-refractivity contribution >= 4 is 86.2 Å². The number of aromatic nitrogens is 3. The Morgan fingerprint density at radius 3 is 1.01 bits per heavy atom. The topological polar surface area (TPSA) is 14.8 Å². The Labute approximate surface area is 448 Å². The van der Waals surface area contributed by atoms with Crippen LogP contribution in [-0.2, 0) is 0 Å². The zero-order valence-electron chi connectivity index (χ0n) is 42.8. The van der Waals surface area contributed by atoms with Gasteiger partial charge in [-0.3, -0.25) is 0 Å². The van der Waals surface area contributed by atoms with E-state index in [-0.39, 0.29) is 0 Å². The molecule has 4 heterocycles. The molecule has 364 valence electrons. The zero-order valence-corrected chi connectivity index (χ0v) is 43.6. The Morgan fingerprint density at radius 2 is 0.623 bits per heavy atom. The van der Waals surface area contributed by atoms with Gasteiger partial charge in [-0.05, 0) is 171 Å². The van der Waals surface area contributed by atoms with Crippen LogP contribution in [0.2, 0.25) is 0 Å². The van der Waals surface area contributed by atoms with E-state index in [1.165, 1.54) is 130 Å². The van der Waals surface area contributed by atoms with Crippen molar-refractivity contribution in [2.75, 3.05) is 12.0 Å². The van der Waals surface area contributed by atoms with Crippen molar-refractivity contribution in [3.63, 3.8) is 0 Å². The maximum atomic E-state index is 2.56. The first-order chi connectivity index (χ1) is 38.0. The summed E-state index contributed by atoms with van der Waals surface area (Å²) in [7, 11) is -1.50. The number of nitrogens with zero attached hydrogens (tertiary/aromatic N) is 3. The minimum absolute atomic E-state index is 1.03. The van der Waals surface area contributed by atoms with E-state index < -0.39 is 10.0 Å². The molecule has 1 atom stereocenters. The molecular weight excluding hydrogens is 951 g/mol. The Kier molecular flexibility index (Phi) is 9.61.